The van der Waals surface area contributed by atoms with E-state index in [2.05, 4.69) is 24.0 Å². The van der Waals surface area contributed by atoms with Gasteiger partial charge in [-0.3, -0.25) is 4.79 Å². The van der Waals surface area contributed by atoms with Crippen LogP contribution in [0.25, 0.3) is 0 Å². The van der Waals surface area contributed by atoms with Gasteiger partial charge >= 0.3 is 12.1 Å². The van der Waals surface area contributed by atoms with Gasteiger partial charge in [0.05, 0.1) is 18.6 Å². The van der Waals surface area contributed by atoms with Crippen LogP contribution in [0.4, 0.5) is 4.79 Å². The van der Waals surface area contributed by atoms with Crippen molar-refractivity contribution in [2.45, 2.75) is 70.6 Å². The van der Waals surface area contributed by atoms with Crippen LogP contribution in [-0.4, -0.2) is 41.5 Å². The Balaban J connectivity index is 2.55. The number of aliphatic hydroxyl groups excluding tert-OH is 1. The Hall–Kier alpha value is -2.34. The Bertz CT molecular complexity index is 609. The minimum atomic E-state index is -0.875. The van der Waals surface area contributed by atoms with E-state index in [0.717, 1.165) is 19.3 Å². The fraction of sp³-hybridized carbons (Fsp3) is 0.545. The molecule has 156 valence electrons. The quantitative estimate of drug-likeness (QED) is 0.341. The lowest BCUT2D eigenvalue weighted by atomic mass is 9.99. The molecule has 1 aromatic carbocycles. The highest BCUT2D eigenvalue weighted by atomic mass is 16.6. The number of unbranched alkanes of at least 4 members (excludes halogenated alkanes) is 1. The summed E-state index contributed by atoms with van der Waals surface area (Å²) < 4.78 is 10.2. The molecule has 0 aliphatic rings. The van der Waals surface area contributed by atoms with Crippen LogP contribution < -0.4 is 5.32 Å². The topological polar surface area (TPSA) is 84.9 Å². The average molecular weight is 392 g/mol. The van der Waals surface area contributed by atoms with E-state index in [1.165, 1.54) is 11.6 Å². The van der Waals surface area contributed by atoms with Gasteiger partial charge in [-0.2, -0.15) is 0 Å². The molecule has 2 unspecified atom stereocenters. The largest absolute Gasteiger partial charge is 0.460 e. The van der Waals surface area contributed by atoms with Gasteiger partial charge in [0.25, 0.3) is 0 Å². The monoisotopic (exact) mass is 391 g/mol. The fourth-order valence-electron chi connectivity index (χ4n) is 2.70. The number of rotatable bonds is 11. The highest BCUT2D eigenvalue weighted by molar-refractivity contribution is 5.73. The number of esters is 1. The summed E-state index contributed by atoms with van der Waals surface area (Å²) in [6.45, 7) is 8.84. The Morgan fingerprint density at radius 3 is 2.50 bits per heavy atom. The van der Waals surface area contributed by atoms with Gasteiger partial charge in [-0.15, -0.1) is 0 Å². The number of amides is 1. The zero-order chi connectivity index (χ0) is 21.0. The van der Waals surface area contributed by atoms with E-state index in [1.54, 1.807) is 20.8 Å². The second kappa shape index (κ2) is 12.2. The van der Waals surface area contributed by atoms with Crippen LogP contribution in [0, 0.1) is 0 Å². The van der Waals surface area contributed by atoms with E-state index in [9.17, 15) is 14.7 Å². The van der Waals surface area contributed by atoms with Gasteiger partial charge in [-0.05, 0) is 45.6 Å². The number of nitrogens with one attached hydrogen (secondary N) is 1. The molecule has 0 spiro atoms. The Morgan fingerprint density at radius 2 is 1.89 bits per heavy atom. The van der Waals surface area contributed by atoms with Gasteiger partial charge in [-0.25, -0.2) is 4.79 Å². The van der Waals surface area contributed by atoms with Gasteiger partial charge in [0.15, 0.2) is 0 Å². The normalized spacial score (nSPS) is 13.3. The molecular weight excluding hydrogens is 358 g/mol. The Labute approximate surface area is 167 Å². The number of ether oxygens (including phenoxy) is 2. The third kappa shape index (κ3) is 10.7. The first-order valence-electron chi connectivity index (χ1n) is 9.69. The van der Waals surface area contributed by atoms with Crippen molar-refractivity contribution in [1.82, 2.24) is 5.32 Å². The van der Waals surface area contributed by atoms with Crippen molar-refractivity contribution in [3.63, 3.8) is 0 Å². The van der Waals surface area contributed by atoms with Gasteiger partial charge in [0, 0.05) is 0 Å². The zero-order valence-corrected chi connectivity index (χ0v) is 17.1. The highest BCUT2D eigenvalue weighted by Gasteiger charge is 2.27. The van der Waals surface area contributed by atoms with Crippen LogP contribution in [0.2, 0.25) is 0 Å². The molecule has 1 aromatic rings. The van der Waals surface area contributed by atoms with E-state index in [0.29, 0.717) is 6.42 Å². The molecule has 1 rings (SSSR count). The van der Waals surface area contributed by atoms with Crippen molar-refractivity contribution < 1.29 is 24.2 Å². The first-order valence-corrected chi connectivity index (χ1v) is 9.69. The summed E-state index contributed by atoms with van der Waals surface area (Å²) in [4.78, 5) is 24.0. The molecule has 0 fully saturated rings. The SMILES string of the molecule is C=CCOC(=O)NC(CC(=O)OC(C)(C)C)C(O)CCCCc1ccccc1. The van der Waals surface area contributed by atoms with Crippen molar-refractivity contribution in [2.75, 3.05) is 6.61 Å². The molecule has 28 heavy (non-hydrogen) atoms. The van der Waals surface area contributed by atoms with Crippen LogP contribution in [0.1, 0.15) is 52.0 Å². The lowest BCUT2D eigenvalue weighted by molar-refractivity contribution is -0.156. The Morgan fingerprint density at radius 1 is 1.21 bits per heavy atom. The number of hydrogen-bond donors (Lipinski definition) is 2. The number of benzene rings is 1. The third-order valence-corrected chi connectivity index (χ3v) is 3.96. The molecule has 6 heteroatoms. The molecule has 0 radical (unpaired) electrons. The molecule has 0 aromatic heterocycles. The second-order valence-corrected chi connectivity index (χ2v) is 7.73. The molecule has 0 aliphatic heterocycles. The van der Waals surface area contributed by atoms with Crippen molar-refractivity contribution in [3.8, 4) is 0 Å². The number of aliphatic hydroxyl groups is 1. The lowest BCUT2D eigenvalue weighted by Crippen LogP contribution is -2.45. The summed E-state index contributed by atoms with van der Waals surface area (Å²) in [7, 11) is 0. The van der Waals surface area contributed by atoms with E-state index in [-0.39, 0.29) is 13.0 Å². The fourth-order valence-corrected chi connectivity index (χ4v) is 2.70. The molecule has 0 heterocycles. The van der Waals surface area contributed by atoms with E-state index >= 15 is 0 Å². The maximum Gasteiger partial charge on any atom is 0.407 e. The van der Waals surface area contributed by atoms with Gasteiger partial charge in [-0.1, -0.05) is 49.4 Å². The summed E-state index contributed by atoms with van der Waals surface area (Å²) in [5.74, 6) is -0.482. The van der Waals surface area contributed by atoms with Crippen molar-refractivity contribution in [3.05, 3.63) is 48.6 Å². The predicted molar refractivity (Wildman–Crippen MR) is 109 cm³/mol. The molecular formula is C22H33NO5. The van der Waals surface area contributed by atoms with Crippen LogP contribution >= 0.6 is 0 Å². The van der Waals surface area contributed by atoms with Crippen molar-refractivity contribution in [1.29, 1.82) is 0 Å². The minimum absolute atomic E-state index is 0.0537. The molecule has 1 amide bonds. The minimum Gasteiger partial charge on any atom is -0.460 e. The number of carbonyl (C=O) groups is 2. The lowest BCUT2D eigenvalue weighted by Gasteiger charge is -2.25. The highest BCUT2D eigenvalue weighted by Crippen LogP contribution is 2.15. The number of aryl methyl sites for hydroxylation is 1. The molecule has 0 bridgehead atoms. The summed E-state index contributed by atoms with van der Waals surface area (Å²) in [5.41, 5.74) is 0.611. The second-order valence-electron chi connectivity index (χ2n) is 7.73. The van der Waals surface area contributed by atoms with Crippen LogP contribution in [0.15, 0.2) is 43.0 Å². The smallest absolute Gasteiger partial charge is 0.407 e. The first-order chi connectivity index (χ1) is 13.2. The molecule has 6 nitrogen and oxygen atoms in total. The molecule has 2 N–H and O–H groups in total. The predicted octanol–water partition coefficient (Wildman–Crippen LogP) is 3.77. The van der Waals surface area contributed by atoms with Crippen molar-refractivity contribution in [2.24, 2.45) is 0 Å². The maximum absolute atomic E-state index is 12.1. The molecule has 2 atom stereocenters. The zero-order valence-electron chi connectivity index (χ0n) is 17.1. The van der Waals surface area contributed by atoms with Crippen LogP contribution in [0.5, 0.6) is 0 Å². The Kier molecular flexibility index (Phi) is 10.3. The molecule has 0 aliphatic carbocycles. The van der Waals surface area contributed by atoms with Crippen LogP contribution in [-0.2, 0) is 20.7 Å². The van der Waals surface area contributed by atoms with E-state index in [4.69, 9.17) is 9.47 Å². The maximum atomic E-state index is 12.1. The van der Waals surface area contributed by atoms with Gasteiger partial charge < -0.3 is 19.9 Å². The average Bonchev–Trinajstić information content (AvgIpc) is 2.62. The van der Waals surface area contributed by atoms with E-state index < -0.39 is 29.8 Å². The van der Waals surface area contributed by atoms with E-state index in [1.807, 2.05) is 18.2 Å². The molecule has 0 saturated carbocycles. The summed E-state index contributed by atoms with van der Waals surface area (Å²) in [6, 6.07) is 9.34. The molecule has 0 saturated heterocycles. The number of carbonyl (C=O) groups excluding carboxylic acids is 2. The first kappa shape index (κ1) is 23.7. The van der Waals surface area contributed by atoms with Gasteiger partial charge in [0.1, 0.15) is 12.2 Å². The van der Waals surface area contributed by atoms with Crippen molar-refractivity contribution >= 4 is 12.1 Å². The standard InChI is InChI=1S/C22H33NO5/c1-5-15-27-21(26)23-18(16-20(25)28-22(2,3)4)19(24)14-10-9-13-17-11-7-6-8-12-17/h5-8,11-12,18-19,24H,1,9-10,13-16H2,2-4H3,(H,23,26). The number of hydrogen-bond acceptors (Lipinski definition) is 5. The van der Waals surface area contributed by atoms with Gasteiger partial charge in [0.2, 0.25) is 0 Å². The summed E-state index contributed by atoms with van der Waals surface area (Å²) >= 11 is 0. The van der Waals surface area contributed by atoms with Crippen LogP contribution in [0.3, 0.4) is 0 Å². The number of alkyl carbamates (subject to hydrolysis) is 1. The third-order valence-electron chi connectivity index (χ3n) is 3.96. The summed E-state index contributed by atoms with van der Waals surface area (Å²) in [6.07, 6.45) is 2.80. The summed E-state index contributed by atoms with van der Waals surface area (Å²) in [5, 5.41) is 13.1.